The molecule has 4 heteroatoms. The number of para-hydroxylation sites is 1. The third-order valence-corrected chi connectivity index (χ3v) is 2.37. The van der Waals surface area contributed by atoms with Crippen LogP contribution in [-0.4, -0.2) is 16.1 Å². The van der Waals surface area contributed by atoms with Gasteiger partial charge in [0.25, 0.3) is 0 Å². The Bertz CT molecular complexity index is 514. The van der Waals surface area contributed by atoms with E-state index in [0.29, 0.717) is 5.15 Å². The molecule has 0 atom stereocenters. The van der Waals surface area contributed by atoms with Crippen LogP contribution in [0.25, 0.3) is 11.3 Å². The lowest BCUT2D eigenvalue weighted by Crippen LogP contribution is -2.06. The predicted molar refractivity (Wildman–Crippen MR) is 68.2 cm³/mol. The monoisotopic (exact) mass is 248 g/mol. The molecule has 0 N–H and O–H groups in total. The summed E-state index contributed by atoms with van der Waals surface area (Å²) in [5.41, 5.74) is 1.69. The molecule has 1 heterocycles. The molecule has 0 aliphatic carbocycles. The maximum absolute atomic E-state index is 5.86. The van der Waals surface area contributed by atoms with Gasteiger partial charge in [-0.15, -0.1) is 0 Å². The first-order chi connectivity index (χ1) is 8.16. The van der Waals surface area contributed by atoms with Gasteiger partial charge in [-0.05, 0) is 26.0 Å². The van der Waals surface area contributed by atoms with Gasteiger partial charge in [-0.1, -0.05) is 23.7 Å². The van der Waals surface area contributed by atoms with Crippen LogP contribution in [0, 0.1) is 0 Å². The van der Waals surface area contributed by atoms with Crippen molar-refractivity contribution in [1.29, 1.82) is 0 Å². The largest absolute Gasteiger partial charge is 0.490 e. The van der Waals surface area contributed by atoms with E-state index < -0.39 is 0 Å². The van der Waals surface area contributed by atoms with E-state index in [2.05, 4.69) is 9.97 Å². The van der Waals surface area contributed by atoms with Gasteiger partial charge < -0.3 is 4.74 Å². The first kappa shape index (κ1) is 11.9. The zero-order valence-corrected chi connectivity index (χ0v) is 10.5. The van der Waals surface area contributed by atoms with Gasteiger partial charge >= 0.3 is 0 Å². The number of hydrogen-bond acceptors (Lipinski definition) is 3. The van der Waals surface area contributed by atoms with Crippen LogP contribution >= 0.6 is 11.6 Å². The standard InChI is InChI=1S/C13H13ClN2O/c1-9(2)17-12-6-4-3-5-10(12)11-7-13(14)16-8-15-11/h3-9H,1-2H3. The van der Waals surface area contributed by atoms with Crippen LogP contribution in [0.15, 0.2) is 36.7 Å². The highest BCUT2D eigenvalue weighted by Gasteiger charge is 2.08. The number of nitrogens with zero attached hydrogens (tertiary/aromatic N) is 2. The molecule has 0 aliphatic heterocycles. The van der Waals surface area contributed by atoms with Crippen molar-refractivity contribution in [2.24, 2.45) is 0 Å². The van der Waals surface area contributed by atoms with Crippen LogP contribution in [0.2, 0.25) is 5.15 Å². The van der Waals surface area contributed by atoms with Crippen molar-refractivity contribution >= 4 is 11.6 Å². The summed E-state index contributed by atoms with van der Waals surface area (Å²) in [6, 6.07) is 9.48. The Hall–Kier alpha value is -1.61. The van der Waals surface area contributed by atoms with Crippen molar-refractivity contribution in [3.8, 4) is 17.0 Å². The fraction of sp³-hybridized carbons (Fsp3) is 0.231. The maximum Gasteiger partial charge on any atom is 0.133 e. The van der Waals surface area contributed by atoms with E-state index >= 15 is 0 Å². The summed E-state index contributed by atoms with van der Waals surface area (Å²) in [4.78, 5) is 8.07. The fourth-order valence-corrected chi connectivity index (χ4v) is 1.66. The molecule has 0 unspecified atom stereocenters. The first-order valence-electron chi connectivity index (χ1n) is 5.40. The second kappa shape index (κ2) is 5.15. The van der Waals surface area contributed by atoms with E-state index in [1.165, 1.54) is 6.33 Å². The Labute approximate surface area is 105 Å². The summed E-state index contributed by atoms with van der Waals surface area (Å²) in [5, 5.41) is 0.425. The highest BCUT2D eigenvalue weighted by Crippen LogP contribution is 2.29. The SMILES string of the molecule is CC(C)Oc1ccccc1-c1cc(Cl)ncn1. The topological polar surface area (TPSA) is 35.0 Å². The number of rotatable bonds is 3. The highest BCUT2D eigenvalue weighted by atomic mass is 35.5. The van der Waals surface area contributed by atoms with Crippen LogP contribution in [0.5, 0.6) is 5.75 Å². The number of benzene rings is 1. The normalized spacial score (nSPS) is 10.6. The first-order valence-corrected chi connectivity index (χ1v) is 5.78. The molecule has 2 rings (SSSR count). The molecule has 17 heavy (non-hydrogen) atoms. The molecule has 3 nitrogen and oxygen atoms in total. The summed E-state index contributed by atoms with van der Waals surface area (Å²) in [5.74, 6) is 0.803. The third-order valence-electron chi connectivity index (χ3n) is 2.16. The molecule has 0 saturated carbocycles. The van der Waals surface area contributed by atoms with Gasteiger partial charge in [-0.3, -0.25) is 0 Å². The van der Waals surface area contributed by atoms with Crippen LogP contribution in [-0.2, 0) is 0 Å². The minimum Gasteiger partial charge on any atom is -0.490 e. The van der Waals surface area contributed by atoms with Gasteiger partial charge in [0.2, 0.25) is 0 Å². The quantitative estimate of drug-likeness (QED) is 0.779. The van der Waals surface area contributed by atoms with Gasteiger partial charge in [0.15, 0.2) is 0 Å². The Morgan fingerprint density at radius 1 is 1.18 bits per heavy atom. The summed E-state index contributed by atoms with van der Waals surface area (Å²) in [6.45, 7) is 3.98. The Morgan fingerprint density at radius 2 is 1.94 bits per heavy atom. The molecule has 0 radical (unpaired) electrons. The van der Waals surface area contributed by atoms with Crippen LogP contribution in [0.4, 0.5) is 0 Å². The van der Waals surface area contributed by atoms with E-state index in [4.69, 9.17) is 16.3 Å². The number of hydrogen-bond donors (Lipinski definition) is 0. The lowest BCUT2D eigenvalue weighted by atomic mass is 10.1. The zero-order valence-electron chi connectivity index (χ0n) is 9.72. The molecular weight excluding hydrogens is 236 g/mol. The number of ether oxygens (including phenoxy) is 1. The molecule has 2 aromatic rings. The molecule has 1 aromatic heterocycles. The van der Waals surface area contributed by atoms with Crippen molar-refractivity contribution in [3.05, 3.63) is 41.8 Å². The Morgan fingerprint density at radius 3 is 2.65 bits per heavy atom. The summed E-state index contributed by atoms with van der Waals surface area (Å²) in [7, 11) is 0. The van der Waals surface area contributed by atoms with Crippen LogP contribution < -0.4 is 4.74 Å². The summed E-state index contributed by atoms with van der Waals surface area (Å²) in [6.07, 6.45) is 1.57. The van der Waals surface area contributed by atoms with Gasteiger partial charge in [0.05, 0.1) is 11.8 Å². The lowest BCUT2D eigenvalue weighted by Gasteiger charge is -2.13. The van der Waals surface area contributed by atoms with Crippen LogP contribution in [0.3, 0.4) is 0 Å². The van der Waals surface area contributed by atoms with Crippen molar-refractivity contribution in [1.82, 2.24) is 9.97 Å². The summed E-state index contributed by atoms with van der Waals surface area (Å²) >= 11 is 5.86. The molecule has 0 aliphatic rings. The summed E-state index contributed by atoms with van der Waals surface area (Å²) < 4.78 is 5.74. The lowest BCUT2D eigenvalue weighted by molar-refractivity contribution is 0.243. The number of aromatic nitrogens is 2. The van der Waals surface area contributed by atoms with Crippen molar-refractivity contribution in [2.75, 3.05) is 0 Å². The van der Waals surface area contributed by atoms with E-state index in [1.807, 2.05) is 38.1 Å². The highest BCUT2D eigenvalue weighted by molar-refractivity contribution is 6.29. The molecular formula is C13H13ClN2O. The smallest absolute Gasteiger partial charge is 0.133 e. The Kier molecular flexibility index (Phi) is 3.59. The van der Waals surface area contributed by atoms with E-state index in [9.17, 15) is 0 Å². The second-order valence-electron chi connectivity index (χ2n) is 3.89. The molecule has 0 amide bonds. The fourth-order valence-electron chi connectivity index (χ4n) is 1.52. The van der Waals surface area contributed by atoms with Gasteiger partial charge in [-0.25, -0.2) is 9.97 Å². The van der Waals surface area contributed by atoms with Gasteiger partial charge in [0.1, 0.15) is 17.2 Å². The second-order valence-corrected chi connectivity index (χ2v) is 4.28. The average molecular weight is 249 g/mol. The van der Waals surface area contributed by atoms with E-state index in [0.717, 1.165) is 17.0 Å². The van der Waals surface area contributed by atoms with E-state index in [1.54, 1.807) is 6.07 Å². The van der Waals surface area contributed by atoms with Crippen LogP contribution in [0.1, 0.15) is 13.8 Å². The molecule has 0 spiro atoms. The van der Waals surface area contributed by atoms with Gasteiger partial charge in [0, 0.05) is 11.6 Å². The van der Waals surface area contributed by atoms with Crippen molar-refractivity contribution in [2.45, 2.75) is 20.0 Å². The third kappa shape index (κ3) is 2.94. The van der Waals surface area contributed by atoms with Gasteiger partial charge in [-0.2, -0.15) is 0 Å². The predicted octanol–water partition coefficient (Wildman–Crippen LogP) is 3.58. The van der Waals surface area contributed by atoms with Crippen molar-refractivity contribution < 1.29 is 4.74 Å². The average Bonchev–Trinajstić information content (AvgIpc) is 2.29. The maximum atomic E-state index is 5.86. The molecule has 0 fully saturated rings. The van der Waals surface area contributed by atoms with E-state index in [-0.39, 0.29) is 6.10 Å². The number of halogens is 1. The minimum atomic E-state index is 0.119. The molecule has 0 saturated heterocycles. The molecule has 0 bridgehead atoms. The zero-order chi connectivity index (χ0) is 12.3. The minimum absolute atomic E-state index is 0.119. The Balaban J connectivity index is 2.44. The van der Waals surface area contributed by atoms with Crippen molar-refractivity contribution in [3.63, 3.8) is 0 Å². The molecule has 88 valence electrons. The molecule has 1 aromatic carbocycles.